The highest BCUT2D eigenvalue weighted by Crippen LogP contribution is 2.21. The van der Waals surface area contributed by atoms with E-state index in [-0.39, 0.29) is 17.5 Å². The smallest absolute Gasteiger partial charge is 0.269 e. The van der Waals surface area contributed by atoms with Crippen LogP contribution >= 0.6 is 0 Å². The van der Waals surface area contributed by atoms with Crippen molar-refractivity contribution in [3.63, 3.8) is 0 Å². The number of piperidine rings is 1. The minimum atomic E-state index is -0.117. The van der Waals surface area contributed by atoms with Crippen molar-refractivity contribution in [2.45, 2.75) is 25.3 Å². The average Bonchev–Trinajstić information content (AvgIpc) is 3.22. The lowest BCUT2D eigenvalue weighted by Crippen LogP contribution is -2.44. The molecule has 0 spiro atoms. The lowest BCUT2D eigenvalue weighted by molar-refractivity contribution is -0.132. The third kappa shape index (κ3) is 4.05. The molecule has 2 aliphatic heterocycles. The summed E-state index contributed by atoms with van der Waals surface area (Å²) in [6, 6.07) is 3.36. The normalized spacial score (nSPS) is 20.7. The van der Waals surface area contributed by atoms with Gasteiger partial charge in [-0.3, -0.25) is 9.59 Å². The van der Waals surface area contributed by atoms with Gasteiger partial charge in [0.25, 0.3) is 5.56 Å². The van der Waals surface area contributed by atoms with Crippen molar-refractivity contribution in [2.75, 3.05) is 44.3 Å². The summed E-state index contributed by atoms with van der Waals surface area (Å²) < 4.78 is 11.9. The molecule has 1 unspecified atom stereocenters. The minimum Gasteiger partial charge on any atom is -0.472 e. The quantitative estimate of drug-likeness (QED) is 0.799. The average molecular weight is 372 g/mol. The Morgan fingerprint density at radius 2 is 2.11 bits per heavy atom. The molecule has 0 bridgehead atoms. The van der Waals surface area contributed by atoms with Crippen molar-refractivity contribution in [1.29, 1.82) is 0 Å². The zero-order chi connectivity index (χ0) is 18.6. The fraction of sp³-hybridized carbons (Fsp3) is 0.526. The maximum absolute atomic E-state index is 12.6. The van der Waals surface area contributed by atoms with E-state index in [0.717, 1.165) is 37.2 Å². The zero-order valence-electron chi connectivity index (χ0n) is 15.2. The van der Waals surface area contributed by atoms with Crippen LogP contribution in [0.1, 0.15) is 24.4 Å². The molecule has 1 atom stereocenters. The lowest BCUT2D eigenvalue weighted by atomic mass is 10.0. The van der Waals surface area contributed by atoms with Crippen LogP contribution in [0.4, 0.5) is 5.69 Å². The van der Waals surface area contributed by atoms with Crippen LogP contribution in [0.3, 0.4) is 0 Å². The lowest BCUT2D eigenvalue weighted by Gasteiger charge is -2.33. The molecule has 0 radical (unpaired) electrons. The summed E-state index contributed by atoms with van der Waals surface area (Å²) >= 11 is 0. The first-order chi connectivity index (χ1) is 13.2. The number of carbonyl (C=O) groups is 1. The van der Waals surface area contributed by atoms with E-state index in [9.17, 15) is 9.59 Å². The Hall–Kier alpha value is -2.61. The Labute approximate surface area is 157 Å². The van der Waals surface area contributed by atoms with Crippen molar-refractivity contribution in [1.82, 2.24) is 14.7 Å². The summed E-state index contributed by atoms with van der Waals surface area (Å²) in [6.45, 7) is 4.10. The fourth-order valence-corrected chi connectivity index (χ4v) is 3.74. The van der Waals surface area contributed by atoms with Crippen molar-refractivity contribution in [3.05, 3.63) is 46.8 Å². The van der Waals surface area contributed by atoms with Gasteiger partial charge < -0.3 is 19.0 Å². The molecular formula is C19H24N4O4. The number of hydrogen-bond acceptors (Lipinski definition) is 6. The second-order valence-corrected chi connectivity index (χ2v) is 7.04. The van der Waals surface area contributed by atoms with Crippen molar-refractivity contribution < 1.29 is 13.9 Å². The molecule has 2 saturated heterocycles. The highest BCUT2D eigenvalue weighted by Gasteiger charge is 2.26. The number of carbonyl (C=O) groups excluding carboxylic acids is 1. The number of hydrogen-bond donors (Lipinski definition) is 0. The number of nitrogens with zero attached hydrogens (tertiary/aromatic N) is 4. The van der Waals surface area contributed by atoms with Crippen LogP contribution in [-0.2, 0) is 16.0 Å². The molecule has 4 heterocycles. The van der Waals surface area contributed by atoms with E-state index in [1.54, 1.807) is 30.9 Å². The van der Waals surface area contributed by atoms with E-state index in [1.165, 1.54) is 4.68 Å². The molecule has 2 aromatic rings. The van der Waals surface area contributed by atoms with Gasteiger partial charge in [0.2, 0.25) is 5.91 Å². The van der Waals surface area contributed by atoms with E-state index in [4.69, 9.17) is 9.15 Å². The molecular weight excluding hydrogens is 348 g/mol. The van der Waals surface area contributed by atoms with Crippen molar-refractivity contribution in [3.8, 4) is 0 Å². The van der Waals surface area contributed by atoms with Crippen molar-refractivity contribution in [2.24, 2.45) is 0 Å². The van der Waals surface area contributed by atoms with Gasteiger partial charge in [0, 0.05) is 32.2 Å². The Balaban J connectivity index is 1.44. The summed E-state index contributed by atoms with van der Waals surface area (Å²) in [5, 5.41) is 4.42. The van der Waals surface area contributed by atoms with Gasteiger partial charge in [-0.15, -0.1) is 0 Å². The van der Waals surface area contributed by atoms with Gasteiger partial charge in [0.15, 0.2) is 0 Å². The maximum atomic E-state index is 12.6. The van der Waals surface area contributed by atoms with Crippen LogP contribution < -0.4 is 10.5 Å². The van der Waals surface area contributed by atoms with Gasteiger partial charge >= 0.3 is 0 Å². The molecule has 0 saturated carbocycles. The van der Waals surface area contributed by atoms with Crippen molar-refractivity contribution >= 4 is 11.6 Å². The summed E-state index contributed by atoms with van der Waals surface area (Å²) in [7, 11) is 0. The van der Waals surface area contributed by atoms with Gasteiger partial charge in [0.05, 0.1) is 50.1 Å². The second-order valence-electron chi connectivity index (χ2n) is 7.04. The van der Waals surface area contributed by atoms with Crippen LogP contribution in [-0.4, -0.2) is 60.0 Å². The van der Waals surface area contributed by atoms with Crippen LogP contribution in [0.15, 0.2) is 40.1 Å². The first kappa shape index (κ1) is 17.8. The molecule has 8 heteroatoms. The summed E-state index contributed by atoms with van der Waals surface area (Å²) in [5.41, 5.74) is 1.59. The molecule has 1 amide bonds. The highest BCUT2D eigenvalue weighted by atomic mass is 16.5. The molecule has 0 aromatic carbocycles. The fourth-order valence-electron chi connectivity index (χ4n) is 3.74. The monoisotopic (exact) mass is 372 g/mol. The first-order valence-corrected chi connectivity index (χ1v) is 9.41. The number of morpholine rings is 1. The second kappa shape index (κ2) is 7.96. The van der Waals surface area contributed by atoms with E-state index in [1.807, 2.05) is 4.90 Å². The van der Waals surface area contributed by atoms with Gasteiger partial charge in [0.1, 0.15) is 0 Å². The van der Waals surface area contributed by atoms with Gasteiger partial charge in [-0.1, -0.05) is 0 Å². The third-order valence-corrected chi connectivity index (χ3v) is 5.22. The minimum absolute atomic E-state index is 0.0547. The Morgan fingerprint density at radius 1 is 1.26 bits per heavy atom. The predicted octanol–water partition coefficient (Wildman–Crippen LogP) is 1.08. The third-order valence-electron chi connectivity index (χ3n) is 5.22. The molecule has 27 heavy (non-hydrogen) atoms. The van der Waals surface area contributed by atoms with Gasteiger partial charge in [-0.25, -0.2) is 4.68 Å². The molecule has 8 nitrogen and oxygen atoms in total. The SMILES string of the molecule is O=C(Cc1ccoc1)N1CCCC(n2ncc(N3CCOCC3)cc2=O)C1. The predicted molar refractivity (Wildman–Crippen MR) is 98.8 cm³/mol. The summed E-state index contributed by atoms with van der Waals surface area (Å²) in [6.07, 6.45) is 6.94. The van der Waals surface area contributed by atoms with E-state index in [0.29, 0.717) is 32.7 Å². The van der Waals surface area contributed by atoms with Crippen LogP contribution in [0, 0.1) is 0 Å². The van der Waals surface area contributed by atoms with Crippen LogP contribution in [0.2, 0.25) is 0 Å². The molecule has 4 rings (SSSR count). The number of amides is 1. The van der Waals surface area contributed by atoms with E-state index in [2.05, 4.69) is 10.00 Å². The zero-order valence-corrected chi connectivity index (χ0v) is 15.2. The van der Waals surface area contributed by atoms with Gasteiger partial charge in [-0.2, -0.15) is 5.10 Å². The Kier molecular flexibility index (Phi) is 5.24. The first-order valence-electron chi connectivity index (χ1n) is 9.41. The number of ether oxygens (including phenoxy) is 1. The molecule has 144 valence electrons. The number of anilines is 1. The maximum Gasteiger partial charge on any atom is 0.269 e. The summed E-state index contributed by atoms with van der Waals surface area (Å²) in [4.78, 5) is 29.1. The molecule has 2 aromatic heterocycles. The molecule has 0 N–H and O–H groups in total. The standard InChI is InChI=1S/C19H24N4O4/c24-18(10-15-3-7-27-14-15)22-4-1-2-16(13-22)23-19(25)11-17(12-20-23)21-5-8-26-9-6-21/h3,7,11-12,14,16H,1-2,4-6,8-10,13H2. The largest absolute Gasteiger partial charge is 0.472 e. The van der Waals surface area contributed by atoms with E-state index < -0.39 is 0 Å². The highest BCUT2D eigenvalue weighted by molar-refractivity contribution is 5.78. The topological polar surface area (TPSA) is 80.8 Å². The number of furan rings is 1. The van der Waals surface area contributed by atoms with Gasteiger partial charge in [-0.05, 0) is 24.5 Å². The van der Waals surface area contributed by atoms with Crippen LogP contribution in [0.5, 0.6) is 0 Å². The molecule has 2 aliphatic rings. The molecule has 2 fully saturated rings. The Morgan fingerprint density at radius 3 is 2.85 bits per heavy atom. The molecule has 0 aliphatic carbocycles. The number of aromatic nitrogens is 2. The van der Waals surface area contributed by atoms with E-state index >= 15 is 0 Å². The Bertz CT molecular complexity index is 826. The number of likely N-dealkylation sites (tertiary alicyclic amines) is 1. The van der Waals surface area contributed by atoms with Crippen LogP contribution in [0.25, 0.3) is 0 Å². The number of rotatable bonds is 4. The summed E-state index contributed by atoms with van der Waals surface area (Å²) in [5.74, 6) is 0.0547.